The molecule has 2 aromatic carbocycles. The summed E-state index contributed by atoms with van der Waals surface area (Å²) in [5, 5.41) is 0. The van der Waals surface area contributed by atoms with Crippen LogP contribution in [-0.2, 0) is 19.6 Å². The Morgan fingerprint density at radius 1 is 0.972 bits per heavy atom. The Morgan fingerprint density at radius 2 is 1.58 bits per heavy atom. The average Bonchev–Trinajstić information content (AvgIpc) is 2.87. The fourth-order valence-electron chi connectivity index (χ4n) is 7.03. The van der Waals surface area contributed by atoms with E-state index < -0.39 is 0 Å². The molecule has 5 heteroatoms. The minimum Gasteiger partial charge on any atom is -0.467 e. The Labute approximate surface area is 214 Å². The molecule has 1 unspecified atom stereocenters. The van der Waals surface area contributed by atoms with Crippen LogP contribution in [0, 0.1) is 17.8 Å². The lowest BCUT2D eigenvalue weighted by atomic mass is 9.48. The van der Waals surface area contributed by atoms with Crippen molar-refractivity contribution in [3.05, 3.63) is 64.7 Å². The predicted octanol–water partition coefficient (Wildman–Crippen LogP) is 6.85. The summed E-state index contributed by atoms with van der Waals surface area (Å²) in [5.74, 6) is 3.21. The Morgan fingerprint density at radius 3 is 2.19 bits per heavy atom. The molecule has 192 valence electrons. The van der Waals surface area contributed by atoms with Gasteiger partial charge < -0.3 is 18.9 Å². The Bertz CT molecular complexity index is 1050. The lowest BCUT2D eigenvalue weighted by Crippen LogP contribution is -2.48. The van der Waals surface area contributed by atoms with Crippen LogP contribution in [0.2, 0.25) is 0 Å². The highest BCUT2D eigenvalue weighted by atomic mass is 16.7. The van der Waals surface area contributed by atoms with Crippen LogP contribution >= 0.6 is 0 Å². The van der Waals surface area contributed by atoms with Crippen LogP contribution in [0.4, 0.5) is 0 Å². The summed E-state index contributed by atoms with van der Waals surface area (Å²) in [7, 11) is 1.64. The number of carbonyl (C=O) groups is 1. The van der Waals surface area contributed by atoms with E-state index >= 15 is 0 Å². The topological polar surface area (TPSA) is 54.0 Å². The highest BCUT2D eigenvalue weighted by molar-refractivity contribution is 5.89. The number of methoxy groups -OCH3 is 1. The first kappa shape index (κ1) is 25.0. The van der Waals surface area contributed by atoms with Crippen LogP contribution in [0.5, 0.6) is 5.75 Å². The van der Waals surface area contributed by atoms with Crippen molar-refractivity contribution in [1.29, 1.82) is 0 Å². The fraction of sp³-hybridized carbons (Fsp3) is 0.516. The molecular formula is C31H38O5. The van der Waals surface area contributed by atoms with Gasteiger partial charge in [0.2, 0.25) is 0 Å². The van der Waals surface area contributed by atoms with Crippen LogP contribution in [0.15, 0.2) is 42.5 Å². The van der Waals surface area contributed by atoms with Crippen LogP contribution < -0.4 is 4.74 Å². The molecule has 1 atom stereocenters. The number of esters is 1. The minimum atomic E-state index is -0.301. The normalized spacial score (nSPS) is 27.4. The van der Waals surface area contributed by atoms with Crippen molar-refractivity contribution < 1.29 is 23.7 Å². The third-order valence-electron chi connectivity index (χ3n) is 8.35. The third-order valence-corrected chi connectivity index (χ3v) is 8.35. The number of hydrogen-bond donors (Lipinski definition) is 0. The van der Waals surface area contributed by atoms with Gasteiger partial charge in [0.15, 0.2) is 13.1 Å². The van der Waals surface area contributed by atoms with Crippen molar-refractivity contribution in [2.45, 2.75) is 64.1 Å². The van der Waals surface area contributed by atoms with Crippen LogP contribution in [0.25, 0.3) is 12.2 Å². The fourth-order valence-corrected chi connectivity index (χ4v) is 7.03. The van der Waals surface area contributed by atoms with Gasteiger partial charge in [0.25, 0.3) is 0 Å². The van der Waals surface area contributed by atoms with Crippen LogP contribution in [0.1, 0.15) is 79.4 Å². The lowest BCUT2D eigenvalue weighted by molar-refractivity contribution is -0.150. The first-order valence-electron chi connectivity index (χ1n) is 13.3. The van der Waals surface area contributed by atoms with Gasteiger partial charge in [0.05, 0.1) is 12.2 Å². The molecule has 0 amide bonds. The molecule has 5 nitrogen and oxygen atoms in total. The minimum absolute atomic E-state index is 0.177. The maximum atomic E-state index is 11.9. The van der Waals surface area contributed by atoms with Gasteiger partial charge in [0.1, 0.15) is 5.75 Å². The van der Waals surface area contributed by atoms with Gasteiger partial charge >= 0.3 is 5.97 Å². The van der Waals surface area contributed by atoms with E-state index in [2.05, 4.69) is 30.4 Å². The van der Waals surface area contributed by atoms with Crippen molar-refractivity contribution in [1.82, 2.24) is 0 Å². The standard InChI is InChI=1S/C31H38O5/c1-4-34-30(32)27-10-7-22(8-11-27)5-6-23-9-12-29(36-20-35-21(2)33-3)28(16-23)31-17-24-13-25(18-31)15-26(14-24)19-31/h5-12,16,21,24-26H,4,13-15,17-20H2,1-3H3. The van der Waals surface area contributed by atoms with Crippen molar-refractivity contribution in [3.63, 3.8) is 0 Å². The Kier molecular flexibility index (Phi) is 7.49. The molecule has 36 heavy (non-hydrogen) atoms. The lowest BCUT2D eigenvalue weighted by Gasteiger charge is -2.57. The third kappa shape index (κ3) is 5.37. The Hall–Kier alpha value is -2.63. The summed E-state index contributed by atoms with van der Waals surface area (Å²) in [6, 6.07) is 14.1. The molecule has 2 aromatic rings. The second-order valence-electron chi connectivity index (χ2n) is 10.9. The van der Waals surface area contributed by atoms with Crippen LogP contribution in [-0.4, -0.2) is 32.8 Å². The molecule has 4 aliphatic rings. The molecule has 4 saturated carbocycles. The maximum Gasteiger partial charge on any atom is 0.338 e. The molecule has 0 N–H and O–H groups in total. The zero-order valence-corrected chi connectivity index (χ0v) is 21.7. The van der Waals surface area contributed by atoms with Gasteiger partial charge in [-0.1, -0.05) is 30.4 Å². The molecule has 4 fully saturated rings. The number of benzene rings is 2. The molecule has 0 saturated heterocycles. The molecule has 0 aliphatic heterocycles. The first-order chi connectivity index (χ1) is 17.5. The number of ether oxygens (including phenoxy) is 4. The molecule has 4 aliphatic carbocycles. The van der Waals surface area contributed by atoms with Crippen molar-refractivity contribution in [2.75, 3.05) is 20.5 Å². The van der Waals surface area contributed by atoms with Gasteiger partial charge in [-0.25, -0.2) is 4.79 Å². The monoisotopic (exact) mass is 490 g/mol. The van der Waals surface area contributed by atoms with E-state index in [1.165, 1.54) is 44.1 Å². The Balaban J connectivity index is 1.39. The summed E-state index contributed by atoms with van der Waals surface area (Å²) < 4.78 is 22.1. The van der Waals surface area contributed by atoms with E-state index in [1.54, 1.807) is 7.11 Å². The maximum absolute atomic E-state index is 11.9. The molecule has 6 rings (SSSR count). The van der Waals surface area contributed by atoms with Gasteiger partial charge in [-0.3, -0.25) is 0 Å². The largest absolute Gasteiger partial charge is 0.467 e. The molecule has 0 aromatic heterocycles. The quantitative estimate of drug-likeness (QED) is 0.207. The molecular weight excluding hydrogens is 452 g/mol. The van der Waals surface area contributed by atoms with E-state index in [1.807, 2.05) is 38.1 Å². The summed E-state index contributed by atoms with van der Waals surface area (Å²) >= 11 is 0. The summed E-state index contributed by atoms with van der Waals surface area (Å²) in [6.45, 7) is 4.24. The number of carbonyl (C=O) groups excluding carboxylic acids is 1. The first-order valence-corrected chi connectivity index (χ1v) is 13.3. The van der Waals surface area contributed by atoms with E-state index in [0.717, 1.165) is 34.6 Å². The SMILES string of the molecule is CCOC(=O)c1ccc(C=Cc2ccc(OCOC(C)OC)c(C34CC5CC(CC(C5)C3)C4)c2)cc1. The molecule has 4 bridgehead atoms. The average molecular weight is 491 g/mol. The second kappa shape index (κ2) is 10.8. The highest BCUT2D eigenvalue weighted by Crippen LogP contribution is 2.62. The van der Waals surface area contributed by atoms with E-state index in [0.29, 0.717) is 12.2 Å². The van der Waals surface area contributed by atoms with Gasteiger partial charge in [0, 0.05) is 12.7 Å². The van der Waals surface area contributed by atoms with Crippen LogP contribution in [0.3, 0.4) is 0 Å². The number of hydrogen-bond acceptors (Lipinski definition) is 5. The second-order valence-corrected chi connectivity index (χ2v) is 10.9. The summed E-state index contributed by atoms with van der Waals surface area (Å²) in [6.07, 6.45) is 12.0. The predicted molar refractivity (Wildman–Crippen MR) is 141 cm³/mol. The van der Waals surface area contributed by atoms with E-state index in [9.17, 15) is 4.79 Å². The zero-order valence-electron chi connectivity index (χ0n) is 21.7. The van der Waals surface area contributed by atoms with Crippen molar-refractivity contribution >= 4 is 18.1 Å². The summed E-state index contributed by atoms with van der Waals surface area (Å²) in [5.41, 5.74) is 4.33. The van der Waals surface area contributed by atoms with Crippen molar-refractivity contribution in [2.24, 2.45) is 17.8 Å². The van der Waals surface area contributed by atoms with E-state index in [4.69, 9.17) is 18.9 Å². The molecule has 0 radical (unpaired) electrons. The molecule has 0 spiro atoms. The molecule has 0 heterocycles. The van der Waals surface area contributed by atoms with Gasteiger partial charge in [-0.2, -0.15) is 0 Å². The highest BCUT2D eigenvalue weighted by Gasteiger charge is 2.52. The van der Waals surface area contributed by atoms with Crippen molar-refractivity contribution in [3.8, 4) is 5.75 Å². The van der Waals surface area contributed by atoms with Gasteiger partial charge in [-0.05, 0) is 111 Å². The zero-order chi connectivity index (χ0) is 25.1. The van der Waals surface area contributed by atoms with E-state index in [-0.39, 0.29) is 24.5 Å². The number of rotatable bonds is 10. The smallest absolute Gasteiger partial charge is 0.338 e. The summed E-state index contributed by atoms with van der Waals surface area (Å²) in [4.78, 5) is 11.9. The van der Waals surface area contributed by atoms with Gasteiger partial charge in [-0.15, -0.1) is 0 Å².